The van der Waals surface area contributed by atoms with Gasteiger partial charge in [-0.15, -0.1) is 0 Å². The van der Waals surface area contributed by atoms with Crippen LogP contribution in [0.5, 0.6) is 0 Å². The van der Waals surface area contributed by atoms with Gasteiger partial charge in [-0.05, 0) is 44.3 Å². The van der Waals surface area contributed by atoms with E-state index in [1.54, 1.807) is 0 Å². The van der Waals surface area contributed by atoms with Crippen molar-refractivity contribution in [2.45, 2.75) is 33.0 Å². The van der Waals surface area contributed by atoms with E-state index in [0.717, 1.165) is 49.8 Å². The molecule has 0 fully saturated rings. The highest BCUT2D eigenvalue weighted by Crippen LogP contribution is 2.11. The Morgan fingerprint density at radius 2 is 2.00 bits per heavy atom. The van der Waals surface area contributed by atoms with Crippen LogP contribution in [-0.4, -0.2) is 23.5 Å². The minimum Gasteiger partial charge on any atom is -0.463 e. The van der Waals surface area contributed by atoms with E-state index < -0.39 is 0 Å². The van der Waals surface area contributed by atoms with Gasteiger partial charge < -0.3 is 9.73 Å². The van der Waals surface area contributed by atoms with Gasteiger partial charge in [0.2, 0.25) is 0 Å². The van der Waals surface area contributed by atoms with Crippen molar-refractivity contribution >= 4 is 0 Å². The van der Waals surface area contributed by atoms with Crippen LogP contribution in [-0.2, 0) is 19.6 Å². The SMILES string of the molecule is CCCNCc1ccc(CN(C)Cc2ccccn2)o1. The zero-order valence-electron chi connectivity index (χ0n) is 12.3. The molecular formula is C16H23N3O. The maximum atomic E-state index is 5.81. The predicted molar refractivity (Wildman–Crippen MR) is 80.1 cm³/mol. The Bertz CT molecular complexity index is 495. The van der Waals surface area contributed by atoms with Crippen LogP contribution < -0.4 is 5.32 Å². The van der Waals surface area contributed by atoms with Crippen LogP contribution in [0.3, 0.4) is 0 Å². The molecule has 0 bridgehead atoms. The normalized spacial score (nSPS) is 11.2. The maximum absolute atomic E-state index is 5.81. The molecule has 0 aliphatic rings. The largest absolute Gasteiger partial charge is 0.463 e. The summed E-state index contributed by atoms with van der Waals surface area (Å²) in [5.74, 6) is 2.00. The zero-order chi connectivity index (χ0) is 14.2. The molecule has 0 spiro atoms. The van der Waals surface area contributed by atoms with Crippen molar-refractivity contribution < 1.29 is 4.42 Å². The molecule has 0 saturated carbocycles. The highest BCUT2D eigenvalue weighted by Gasteiger charge is 2.06. The van der Waals surface area contributed by atoms with Crippen LogP contribution in [0.25, 0.3) is 0 Å². The lowest BCUT2D eigenvalue weighted by molar-refractivity contribution is 0.280. The Kier molecular flexibility index (Phi) is 5.77. The Morgan fingerprint density at radius 1 is 1.15 bits per heavy atom. The quantitative estimate of drug-likeness (QED) is 0.751. The summed E-state index contributed by atoms with van der Waals surface area (Å²) >= 11 is 0. The topological polar surface area (TPSA) is 41.3 Å². The van der Waals surface area contributed by atoms with Crippen molar-refractivity contribution in [1.29, 1.82) is 0 Å². The van der Waals surface area contributed by atoms with E-state index in [1.807, 2.05) is 30.5 Å². The molecule has 0 saturated heterocycles. The van der Waals surface area contributed by atoms with E-state index in [4.69, 9.17) is 4.42 Å². The first-order chi connectivity index (χ1) is 9.78. The molecule has 1 N–H and O–H groups in total. The summed E-state index contributed by atoms with van der Waals surface area (Å²) in [5.41, 5.74) is 1.08. The number of nitrogens with one attached hydrogen (secondary N) is 1. The minimum absolute atomic E-state index is 0.796. The molecule has 2 aromatic heterocycles. The summed E-state index contributed by atoms with van der Waals surface area (Å²) in [4.78, 5) is 6.53. The molecule has 0 radical (unpaired) electrons. The van der Waals surface area contributed by atoms with Crippen LogP contribution in [0.15, 0.2) is 40.9 Å². The molecule has 2 rings (SSSR count). The highest BCUT2D eigenvalue weighted by atomic mass is 16.3. The molecule has 20 heavy (non-hydrogen) atoms. The van der Waals surface area contributed by atoms with Crippen LogP contribution in [0.2, 0.25) is 0 Å². The number of furan rings is 1. The van der Waals surface area contributed by atoms with Gasteiger partial charge in [0, 0.05) is 12.7 Å². The second-order valence-corrected chi connectivity index (χ2v) is 5.04. The van der Waals surface area contributed by atoms with Crippen molar-refractivity contribution in [3.05, 3.63) is 53.7 Å². The van der Waals surface area contributed by atoms with Crippen LogP contribution >= 0.6 is 0 Å². The Balaban J connectivity index is 1.80. The van der Waals surface area contributed by atoms with E-state index >= 15 is 0 Å². The fraction of sp³-hybridized carbons (Fsp3) is 0.438. The smallest absolute Gasteiger partial charge is 0.118 e. The number of hydrogen-bond acceptors (Lipinski definition) is 4. The summed E-state index contributed by atoms with van der Waals surface area (Å²) in [6.07, 6.45) is 2.97. The summed E-state index contributed by atoms with van der Waals surface area (Å²) in [6, 6.07) is 10.1. The third-order valence-corrected chi connectivity index (χ3v) is 3.03. The Morgan fingerprint density at radius 3 is 2.75 bits per heavy atom. The molecule has 0 aliphatic heterocycles. The lowest BCUT2D eigenvalue weighted by Crippen LogP contribution is -2.17. The number of pyridine rings is 1. The van der Waals surface area contributed by atoms with Crippen molar-refractivity contribution in [3.8, 4) is 0 Å². The van der Waals surface area contributed by atoms with Crippen LogP contribution in [0.1, 0.15) is 30.6 Å². The van der Waals surface area contributed by atoms with Gasteiger partial charge in [0.15, 0.2) is 0 Å². The number of rotatable bonds is 8. The third kappa shape index (κ3) is 4.79. The van der Waals surface area contributed by atoms with Crippen molar-refractivity contribution in [2.75, 3.05) is 13.6 Å². The monoisotopic (exact) mass is 273 g/mol. The zero-order valence-corrected chi connectivity index (χ0v) is 12.3. The maximum Gasteiger partial charge on any atom is 0.118 e. The second kappa shape index (κ2) is 7.82. The summed E-state index contributed by atoms with van der Waals surface area (Å²) in [6.45, 7) is 5.61. The first-order valence-electron chi connectivity index (χ1n) is 7.14. The molecule has 0 unspecified atom stereocenters. The van der Waals surface area contributed by atoms with Crippen molar-refractivity contribution in [1.82, 2.24) is 15.2 Å². The molecule has 0 aliphatic carbocycles. The van der Waals surface area contributed by atoms with Gasteiger partial charge >= 0.3 is 0 Å². The fourth-order valence-corrected chi connectivity index (χ4v) is 2.08. The van der Waals surface area contributed by atoms with Crippen LogP contribution in [0, 0.1) is 0 Å². The van der Waals surface area contributed by atoms with Gasteiger partial charge in [-0.25, -0.2) is 0 Å². The highest BCUT2D eigenvalue weighted by molar-refractivity contribution is 5.08. The summed E-state index contributed by atoms with van der Waals surface area (Å²) in [7, 11) is 2.08. The average Bonchev–Trinajstić information content (AvgIpc) is 2.87. The second-order valence-electron chi connectivity index (χ2n) is 5.04. The van der Waals surface area contributed by atoms with E-state index in [-0.39, 0.29) is 0 Å². The van der Waals surface area contributed by atoms with Gasteiger partial charge in [-0.3, -0.25) is 9.88 Å². The average molecular weight is 273 g/mol. The van der Waals surface area contributed by atoms with Crippen molar-refractivity contribution in [2.24, 2.45) is 0 Å². The fourth-order valence-electron chi connectivity index (χ4n) is 2.08. The van der Waals surface area contributed by atoms with E-state index in [2.05, 4.69) is 35.2 Å². The van der Waals surface area contributed by atoms with Gasteiger partial charge in [0.25, 0.3) is 0 Å². The lowest BCUT2D eigenvalue weighted by Gasteiger charge is -2.14. The summed E-state index contributed by atoms with van der Waals surface area (Å²) < 4.78 is 5.81. The molecule has 0 atom stereocenters. The lowest BCUT2D eigenvalue weighted by atomic mass is 10.3. The Hall–Kier alpha value is -1.65. The number of aromatic nitrogens is 1. The van der Waals surface area contributed by atoms with Crippen LogP contribution in [0.4, 0.5) is 0 Å². The van der Waals surface area contributed by atoms with E-state index in [0.29, 0.717) is 0 Å². The molecule has 2 aromatic rings. The molecular weight excluding hydrogens is 250 g/mol. The van der Waals surface area contributed by atoms with E-state index in [1.165, 1.54) is 0 Å². The minimum atomic E-state index is 0.796. The number of nitrogens with zero attached hydrogens (tertiary/aromatic N) is 2. The third-order valence-electron chi connectivity index (χ3n) is 3.03. The molecule has 4 nitrogen and oxygen atoms in total. The molecule has 4 heteroatoms. The van der Waals surface area contributed by atoms with E-state index in [9.17, 15) is 0 Å². The van der Waals surface area contributed by atoms with Gasteiger partial charge in [0.1, 0.15) is 11.5 Å². The predicted octanol–water partition coefficient (Wildman–Crippen LogP) is 2.81. The molecule has 108 valence electrons. The standard InChI is InChI=1S/C16H23N3O/c1-3-9-17-11-15-7-8-16(20-15)13-19(2)12-14-6-4-5-10-18-14/h4-8,10,17H,3,9,11-13H2,1-2H3. The Labute approximate surface area is 120 Å². The van der Waals surface area contributed by atoms with Crippen molar-refractivity contribution in [3.63, 3.8) is 0 Å². The molecule has 0 aromatic carbocycles. The first kappa shape index (κ1) is 14.8. The molecule has 0 amide bonds. The van der Waals surface area contributed by atoms with Gasteiger partial charge in [0.05, 0.1) is 18.8 Å². The molecule has 2 heterocycles. The number of hydrogen-bond donors (Lipinski definition) is 1. The van der Waals surface area contributed by atoms with Gasteiger partial charge in [-0.1, -0.05) is 13.0 Å². The first-order valence-corrected chi connectivity index (χ1v) is 7.14. The summed E-state index contributed by atoms with van der Waals surface area (Å²) in [5, 5.41) is 3.34. The van der Waals surface area contributed by atoms with Gasteiger partial charge in [-0.2, -0.15) is 0 Å².